The molecular weight excluding hydrogens is 326 g/mol. The third-order valence-electron chi connectivity index (χ3n) is 3.34. The van der Waals surface area contributed by atoms with Crippen LogP contribution in [0.1, 0.15) is 18.9 Å². The van der Waals surface area contributed by atoms with E-state index in [1.807, 2.05) is 6.07 Å². The summed E-state index contributed by atoms with van der Waals surface area (Å²) >= 11 is 1.35. The second kappa shape index (κ2) is 6.88. The van der Waals surface area contributed by atoms with Gasteiger partial charge in [0.15, 0.2) is 0 Å². The van der Waals surface area contributed by atoms with Gasteiger partial charge in [-0.05, 0) is 18.1 Å². The maximum Gasteiger partial charge on any atom is 0.261 e. The van der Waals surface area contributed by atoms with Gasteiger partial charge in [-0.2, -0.15) is 0 Å². The molecule has 0 saturated heterocycles. The summed E-state index contributed by atoms with van der Waals surface area (Å²) in [5.74, 6) is 0.144. The van der Waals surface area contributed by atoms with E-state index in [9.17, 15) is 9.59 Å². The van der Waals surface area contributed by atoms with Crippen molar-refractivity contribution in [2.75, 3.05) is 5.32 Å². The van der Waals surface area contributed by atoms with Crippen molar-refractivity contribution in [2.45, 2.75) is 26.8 Å². The number of carbonyl (C=O) groups excluding carboxylic acids is 1. The van der Waals surface area contributed by atoms with E-state index < -0.39 is 0 Å². The standard InChI is InChI=1S/C16H17N5O2S/c1-10(2)7-14-19-20-16(24-14)18-13(22)8-21-9-17-12-6-4-3-5-11(12)15(21)23/h3-6,9-10H,7-8H2,1-2H3,(H,18,20,22). The van der Waals surface area contributed by atoms with Crippen molar-refractivity contribution in [3.63, 3.8) is 0 Å². The predicted molar refractivity (Wildman–Crippen MR) is 93.1 cm³/mol. The third-order valence-corrected chi connectivity index (χ3v) is 4.20. The highest BCUT2D eigenvalue weighted by Gasteiger charge is 2.11. The number of amides is 1. The van der Waals surface area contributed by atoms with Gasteiger partial charge in [0.1, 0.15) is 11.6 Å². The molecule has 0 saturated carbocycles. The molecule has 1 N–H and O–H groups in total. The molecular formula is C16H17N5O2S. The highest BCUT2D eigenvalue weighted by atomic mass is 32.1. The highest BCUT2D eigenvalue weighted by molar-refractivity contribution is 7.15. The molecule has 2 aromatic heterocycles. The van der Waals surface area contributed by atoms with E-state index in [1.165, 1.54) is 22.2 Å². The van der Waals surface area contributed by atoms with Gasteiger partial charge < -0.3 is 0 Å². The fraction of sp³-hybridized carbons (Fsp3) is 0.312. The SMILES string of the molecule is CC(C)Cc1nnc(NC(=O)Cn2cnc3ccccc3c2=O)s1. The van der Waals surface area contributed by atoms with Crippen LogP contribution in [0.25, 0.3) is 10.9 Å². The summed E-state index contributed by atoms with van der Waals surface area (Å²) < 4.78 is 1.29. The quantitative estimate of drug-likeness (QED) is 0.766. The van der Waals surface area contributed by atoms with E-state index in [4.69, 9.17) is 0 Å². The van der Waals surface area contributed by atoms with E-state index in [1.54, 1.807) is 18.2 Å². The van der Waals surface area contributed by atoms with Gasteiger partial charge in [-0.1, -0.05) is 37.3 Å². The summed E-state index contributed by atoms with van der Waals surface area (Å²) in [5, 5.41) is 12.5. The van der Waals surface area contributed by atoms with Crippen LogP contribution in [0.4, 0.5) is 5.13 Å². The summed E-state index contributed by atoms with van der Waals surface area (Å²) in [6.45, 7) is 4.08. The third kappa shape index (κ3) is 3.65. The number of fused-ring (bicyclic) bond motifs is 1. The van der Waals surface area contributed by atoms with Crippen LogP contribution in [-0.4, -0.2) is 25.7 Å². The maximum atomic E-state index is 12.4. The summed E-state index contributed by atoms with van der Waals surface area (Å²) in [6.07, 6.45) is 2.20. The van der Waals surface area contributed by atoms with Crippen molar-refractivity contribution in [3.05, 3.63) is 46.0 Å². The molecule has 1 aromatic carbocycles. The Hall–Kier alpha value is -2.61. The minimum atomic E-state index is -0.332. The first-order valence-corrected chi connectivity index (χ1v) is 8.41. The van der Waals surface area contributed by atoms with Crippen LogP contribution in [0, 0.1) is 5.92 Å². The summed E-state index contributed by atoms with van der Waals surface area (Å²) in [7, 11) is 0. The average Bonchev–Trinajstić information content (AvgIpc) is 2.96. The fourth-order valence-corrected chi connectivity index (χ4v) is 3.24. The van der Waals surface area contributed by atoms with E-state index >= 15 is 0 Å². The molecule has 8 heteroatoms. The second-order valence-corrected chi connectivity index (χ2v) is 6.90. The molecule has 0 spiro atoms. The Morgan fingerprint density at radius 1 is 1.29 bits per heavy atom. The van der Waals surface area contributed by atoms with Crippen LogP contribution >= 0.6 is 11.3 Å². The van der Waals surface area contributed by atoms with Crippen molar-refractivity contribution in [1.29, 1.82) is 0 Å². The van der Waals surface area contributed by atoms with Gasteiger partial charge in [-0.15, -0.1) is 10.2 Å². The monoisotopic (exact) mass is 343 g/mol. The molecule has 0 atom stereocenters. The molecule has 0 aliphatic carbocycles. The van der Waals surface area contributed by atoms with Crippen LogP contribution in [0.3, 0.4) is 0 Å². The predicted octanol–water partition coefficient (Wildman–Crippen LogP) is 2.09. The summed E-state index contributed by atoms with van der Waals surface area (Å²) in [6, 6.07) is 7.05. The van der Waals surface area contributed by atoms with Crippen molar-refractivity contribution in [2.24, 2.45) is 5.92 Å². The van der Waals surface area contributed by atoms with Crippen molar-refractivity contribution in [3.8, 4) is 0 Å². The summed E-state index contributed by atoms with van der Waals surface area (Å²) in [5.41, 5.74) is 0.370. The lowest BCUT2D eigenvalue weighted by Gasteiger charge is -2.06. The lowest BCUT2D eigenvalue weighted by molar-refractivity contribution is -0.116. The molecule has 124 valence electrons. The summed E-state index contributed by atoms with van der Waals surface area (Å²) in [4.78, 5) is 28.7. The zero-order chi connectivity index (χ0) is 17.1. The van der Waals surface area contributed by atoms with Crippen LogP contribution in [-0.2, 0) is 17.8 Å². The first-order chi connectivity index (χ1) is 11.5. The maximum absolute atomic E-state index is 12.4. The molecule has 0 bridgehead atoms. The van der Waals surface area contributed by atoms with Crippen LogP contribution in [0.2, 0.25) is 0 Å². The number of aromatic nitrogens is 4. The van der Waals surface area contributed by atoms with Gasteiger partial charge in [0.2, 0.25) is 11.0 Å². The first-order valence-electron chi connectivity index (χ1n) is 7.59. The second-order valence-electron chi connectivity index (χ2n) is 5.84. The largest absolute Gasteiger partial charge is 0.299 e. The van der Waals surface area contributed by atoms with Gasteiger partial charge in [0.25, 0.3) is 5.56 Å². The van der Waals surface area contributed by atoms with Crippen LogP contribution in [0.5, 0.6) is 0 Å². The van der Waals surface area contributed by atoms with Gasteiger partial charge in [-0.3, -0.25) is 19.5 Å². The number of nitrogens with one attached hydrogen (secondary N) is 1. The van der Waals surface area contributed by atoms with Crippen LogP contribution < -0.4 is 10.9 Å². The molecule has 0 aliphatic rings. The lowest BCUT2D eigenvalue weighted by Crippen LogP contribution is -2.27. The van der Waals surface area contributed by atoms with Gasteiger partial charge in [0, 0.05) is 6.42 Å². The Labute approximate surface area is 142 Å². The molecule has 2 heterocycles. The number of hydrogen-bond donors (Lipinski definition) is 1. The molecule has 0 fully saturated rings. The Kier molecular flexibility index (Phi) is 4.66. The Bertz CT molecular complexity index is 931. The Morgan fingerprint density at radius 2 is 2.08 bits per heavy atom. The minimum Gasteiger partial charge on any atom is -0.299 e. The number of anilines is 1. The number of nitrogens with zero attached hydrogens (tertiary/aromatic N) is 4. The number of carbonyl (C=O) groups is 1. The van der Waals surface area contributed by atoms with E-state index in [0.717, 1.165) is 11.4 Å². The van der Waals surface area contributed by atoms with Gasteiger partial charge in [0.05, 0.1) is 17.2 Å². The number of rotatable bonds is 5. The average molecular weight is 343 g/mol. The number of para-hydroxylation sites is 1. The smallest absolute Gasteiger partial charge is 0.261 e. The first kappa shape index (κ1) is 16.3. The molecule has 0 unspecified atom stereocenters. The molecule has 0 radical (unpaired) electrons. The number of hydrogen-bond acceptors (Lipinski definition) is 6. The Balaban J connectivity index is 1.72. The van der Waals surface area contributed by atoms with E-state index in [2.05, 4.69) is 34.3 Å². The topological polar surface area (TPSA) is 89.8 Å². The van der Waals surface area contributed by atoms with Gasteiger partial charge >= 0.3 is 0 Å². The van der Waals surface area contributed by atoms with Crippen molar-refractivity contribution in [1.82, 2.24) is 19.7 Å². The lowest BCUT2D eigenvalue weighted by atomic mass is 10.1. The van der Waals surface area contributed by atoms with Gasteiger partial charge in [-0.25, -0.2) is 4.98 Å². The molecule has 24 heavy (non-hydrogen) atoms. The van der Waals surface area contributed by atoms with Crippen molar-refractivity contribution < 1.29 is 4.79 Å². The molecule has 0 aliphatic heterocycles. The Morgan fingerprint density at radius 3 is 2.88 bits per heavy atom. The zero-order valence-electron chi connectivity index (χ0n) is 13.4. The van der Waals surface area contributed by atoms with Crippen molar-refractivity contribution >= 4 is 33.3 Å². The highest BCUT2D eigenvalue weighted by Crippen LogP contribution is 2.18. The number of benzene rings is 1. The molecule has 3 aromatic rings. The molecule has 1 amide bonds. The normalized spacial score (nSPS) is 11.1. The fourth-order valence-electron chi connectivity index (χ4n) is 2.27. The van der Waals surface area contributed by atoms with Crippen LogP contribution in [0.15, 0.2) is 35.4 Å². The van der Waals surface area contributed by atoms with E-state index in [-0.39, 0.29) is 18.0 Å². The molecule has 7 nitrogen and oxygen atoms in total. The van der Waals surface area contributed by atoms with E-state index in [0.29, 0.717) is 22.0 Å². The zero-order valence-corrected chi connectivity index (χ0v) is 14.2. The molecule has 3 rings (SSSR count). The minimum absolute atomic E-state index is 0.115.